The van der Waals surface area contributed by atoms with Gasteiger partial charge < -0.3 is 4.74 Å². The van der Waals surface area contributed by atoms with Gasteiger partial charge in [0.1, 0.15) is 5.75 Å². The van der Waals surface area contributed by atoms with Crippen molar-refractivity contribution in [1.82, 2.24) is 0 Å². The number of hydrogen-bond donors (Lipinski definition) is 0. The second kappa shape index (κ2) is 5.30. The van der Waals surface area contributed by atoms with Gasteiger partial charge in [-0.1, -0.05) is 30.1 Å². The minimum Gasteiger partial charge on any atom is -0.495 e. The minimum atomic E-state index is 0.182. The molecule has 0 bridgehead atoms. The average Bonchev–Trinajstić information content (AvgIpc) is 2.17. The first-order valence-corrected chi connectivity index (χ1v) is 5.32. The van der Waals surface area contributed by atoms with E-state index in [1.165, 1.54) is 0 Å². The Labute approximate surface area is 100 Å². The van der Waals surface area contributed by atoms with Crippen LogP contribution in [0.1, 0.15) is 24.8 Å². The van der Waals surface area contributed by atoms with E-state index in [9.17, 15) is 0 Å². The largest absolute Gasteiger partial charge is 0.495 e. The summed E-state index contributed by atoms with van der Waals surface area (Å²) >= 11 is 11.9. The summed E-state index contributed by atoms with van der Waals surface area (Å²) in [5, 5.41) is 1.11. The van der Waals surface area contributed by atoms with Crippen molar-refractivity contribution in [3.63, 3.8) is 0 Å². The Morgan fingerprint density at radius 1 is 1.47 bits per heavy atom. The molecule has 1 unspecified atom stereocenters. The summed E-state index contributed by atoms with van der Waals surface area (Å²) in [6.45, 7) is 2.02. The third kappa shape index (κ3) is 2.81. The normalized spacial score (nSPS) is 11.9. The fourth-order valence-corrected chi connectivity index (χ4v) is 2.03. The molecule has 3 heteroatoms. The van der Waals surface area contributed by atoms with Gasteiger partial charge in [-0.3, -0.25) is 0 Å². The van der Waals surface area contributed by atoms with Crippen LogP contribution in [0.15, 0.2) is 12.1 Å². The molecule has 0 amide bonds. The SMILES string of the molecule is C#CCC(C)c1cc(Cl)cc(Cl)c1OC. The standard InChI is InChI=1S/C12H12Cl2O/c1-4-5-8(2)10-6-9(13)7-11(14)12(10)15-3/h1,6-8H,5H2,2-3H3. The molecular weight excluding hydrogens is 231 g/mol. The van der Waals surface area contributed by atoms with Gasteiger partial charge in [-0.25, -0.2) is 0 Å². The van der Waals surface area contributed by atoms with Crippen molar-refractivity contribution in [2.45, 2.75) is 19.3 Å². The second-order valence-corrected chi connectivity index (χ2v) is 4.16. The molecule has 0 fully saturated rings. The molecule has 0 saturated heterocycles. The van der Waals surface area contributed by atoms with Crippen molar-refractivity contribution in [1.29, 1.82) is 0 Å². The van der Waals surface area contributed by atoms with Crippen LogP contribution in [-0.4, -0.2) is 7.11 Å². The van der Waals surface area contributed by atoms with E-state index in [4.69, 9.17) is 34.4 Å². The first-order valence-electron chi connectivity index (χ1n) is 4.56. The zero-order valence-corrected chi connectivity index (χ0v) is 10.2. The molecule has 1 atom stereocenters. The molecule has 0 radical (unpaired) electrons. The Morgan fingerprint density at radius 2 is 2.13 bits per heavy atom. The van der Waals surface area contributed by atoms with Crippen molar-refractivity contribution >= 4 is 23.2 Å². The van der Waals surface area contributed by atoms with Crippen LogP contribution in [0.5, 0.6) is 5.75 Å². The molecule has 1 aromatic carbocycles. The van der Waals surface area contributed by atoms with Crippen LogP contribution in [0.2, 0.25) is 10.0 Å². The van der Waals surface area contributed by atoms with Gasteiger partial charge in [0.2, 0.25) is 0 Å². The predicted molar refractivity (Wildman–Crippen MR) is 64.9 cm³/mol. The van der Waals surface area contributed by atoms with Gasteiger partial charge in [-0.15, -0.1) is 12.3 Å². The average molecular weight is 243 g/mol. The summed E-state index contributed by atoms with van der Waals surface area (Å²) in [6, 6.07) is 3.50. The fraction of sp³-hybridized carbons (Fsp3) is 0.333. The van der Waals surface area contributed by atoms with E-state index in [-0.39, 0.29) is 5.92 Å². The van der Waals surface area contributed by atoms with Crippen molar-refractivity contribution in [3.05, 3.63) is 27.7 Å². The van der Waals surface area contributed by atoms with E-state index in [1.807, 2.05) is 13.0 Å². The van der Waals surface area contributed by atoms with Crippen molar-refractivity contribution < 1.29 is 4.74 Å². The lowest BCUT2D eigenvalue weighted by Crippen LogP contribution is -1.98. The molecule has 0 N–H and O–H groups in total. The van der Waals surface area contributed by atoms with E-state index in [0.717, 1.165) is 5.56 Å². The third-order valence-electron chi connectivity index (χ3n) is 2.20. The number of terminal acetylenes is 1. The summed E-state index contributed by atoms with van der Waals surface area (Å²) in [6.07, 6.45) is 5.91. The highest BCUT2D eigenvalue weighted by molar-refractivity contribution is 6.35. The Balaban J connectivity index is 3.20. The molecule has 80 valence electrons. The molecule has 0 saturated carbocycles. The van der Waals surface area contributed by atoms with E-state index in [1.54, 1.807) is 13.2 Å². The molecule has 15 heavy (non-hydrogen) atoms. The highest BCUT2D eigenvalue weighted by Gasteiger charge is 2.14. The Kier molecular flexibility index (Phi) is 4.32. The second-order valence-electron chi connectivity index (χ2n) is 3.32. The van der Waals surface area contributed by atoms with Gasteiger partial charge in [0, 0.05) is 17.0 Å². The van der Waals surface area contributed by atoms with Crippen LogP contribution in [-0.2, 0) is 0 Å². The van der Waals surface area contributed by atoms with Gasteiger partial charge in [-0.05, 0) is 18.1 Å². The molecule has 0 heterocycles. The van der Waals surface area contributed by atoms with Gasteiger partial charge in [0.15, 0.2) is 0 Å². The molecular formula is C12H12Cl2O. The van der Waals surface area contributed by atoms with E-state index in [2.05, 4.69) is 5.92 Å². The van der Waals surface area contributed by atoms with Crippen molar-refractivity contribution in [2.24, 2.45) is 0 Å². The predicted octanol–water partition coefficient (Wildman–Crippen LogP) is 4.13. The van der Waals surface area contributed by atoms with Gasteiger partial charge >= 0.3 is 0 Å². The molecule has 1 nitrogen and oxygen atoms in total. The maximum absolute atomic E-state index is 6.02. The van der Waals surface area contributed by atoms with Gasteiger partial charge in [0.05, 0.1) is 12.1 Å². The van der Waals surface area contributed by atoms with Crippen LogP contribution in [0.3, 0.4) is 0 Å². The molecule has 1 rings (SSSR count). The zero-order valence-electron chi connectivity index (χ0n) is 8.68. The number of ether oxygens (including phenoxy) is 1. The smallest absolute Gasteiger partial charge is 0.141 e. The number of benzene rings is 1. The van der Waals surface area contributed by atoms with Gasteiger partial charge in [-0.2, -0.15) is 0 Å². The summed E-state index contributed by atoms with van der Waals surface area (Å²) < 4.78 is 5.24. The Hall–Kier alpha value is -0.840. The lowest BCUT2D eigenvalue weighted by Gasteiger charge is -2.15. The molecule has 0 aromatic heterocycles. The lowest BCUT2D eigenvalue weighted by atomic mass is 9.97. The molecule has 1 aromatic rings. The number of hydrogen-bond acceptors (Lipinski definition) is 1. The number of rotatable bonds is 3. The first-order chi connectivity index (χ1) is 7.10. The minimum absolute atomic E-state index is 0.182. The van der Waals surface area contributed by atoms with Crippen molar-refractivity contribution in [3.8, 4) is 18.1 Å². The third-order valence-corrected chi connectivity index (χ3v) is 2.70. The quantitative estimate of drug-likeness (QED) is 0.725. The Bertz CT molecular complexity index is 393. The lowest BCUT2D eigenvalue weighted by molar-refractivity contribution is 0.407. The summed E-state index contributed by atoms with van der Waals surface area (Å²) in [5.74, 6) is 3.45. The van der Waals surface area contributed by atoms with Gasteiger partial charge in [0.25, 0.3) is 0 Å². The highest BCUT2D eigenvalue weighted by atomic mass is 35.5. The summed E-state index contributed by atoms with van der Waals surface area (Å²) in [7, 11) is 1.58. The maximum atomic E-state index is 6.02. The van der Waals surface area contributed by atoms with Crippen LogP contribution in [0.4, 0.5) is 0 Å². The van der Waals surface area contributed by atoms with Crippen molar-refractivity contribution in [2.75, 3.05) is 7.11 Å². The molecule has 0 aliphatic heterocycles. The van der Waals surface area contributed by atoms with E-state index < -0.39 is 0 Å². The zero-order chi connectivity index (χ0) is 11.4. The molecule has 0 spiro atoms. The molecule has 0 aliphatic carbocycles. The van der Waals surface area contributed by atoms with Crippen LogP contribution >= 0.6 is 23.2 Å². The maximum Gasteiger partial charge on any atom is 0.141 e. The summed E-state index contributed by atoms with van der Waals surface area (Å²) in [5.41, 5.74) is 0.952. The van der Waals surface area contributed by atoms with Crippen LogP contribution in [0, 0.1) is 12.3 Å². The monoisotopic (exact) mass is 242 g/mol. The van der Waals surface area contributed by atoms with Crippen LogP contribution < -0.4 is 4.74 Å². The summed E-state index contributed by atoms with van der Waals surface area (Å²) in [4.78, 5) is 0. The highest BCUT2D eigenvalue weighted by Crippen LogP contribution is 2.37. The fourth-order valence-electron chi connectivity index (χ4n) is 1.45. The van der Waals surface area contributed by atoms with Crippen LogP contribution in [0.25, 0.3) is 0 Å². The molecule has 0 aliphatic rings. The van der Waals surface area contributed by atoms with E-state index in [0.29, 0.717) is 22.2 Å². The number of halogens is 2. The topological polar surface area (TPSA) is 9.23 Å². The number of methoxy groups -OCH3 is 1. The Morgan fingerprint density at radius 3 is 2.67 bits per heavy atom. The van der Waals surface area contributed by atoms with E-state index >= 15 is 0 Å². The first kappa shape index (κ1) is 12.2.